The van der Waals surface area contributed by atoms with Gasteiger partial charge < -0.3 is 24.4 Å². The SMILES string of the molecule is Br.CCOc1cc2c(cc1CC(=O)NC)C(=N)N(CC(=O)c1cc(N3CCOC3=O)c(OC)c(C(C)(C)C)c1)C2. The summed E-state index contributed by atoms with van der Waals surface area (Å²) in [6.45, 7) is 9.35. The van der Waals surface area contributed by atoms with Crippen LogP contribution in [0.4, 0.5) is 10.5 Å². The molecule has 4 rings (SSSR count). The zero-order chi connectivity index (χ0) is 28.5. The number of methoxy groups -OCH3 is 1. The second kappa shape index (κ2) is 12.3. The molecule has 2 aliphatic rings. The first kappa shape index (κ1) is 30.9. The Balaban J connectivity index is 0.00000441. The largest absolute Gasteiger partial charge is 0.494 e. The van der Waals surface area contributed by atoms with Crippen molar-refractivity contribution in [1.82, 2.24) is 10.2 Å². The standard InChI is InChI=1S/C29H36N4O6.BrH/c1-7-38-24-13-19-15-32(27(30)20(19)10-18(24)14-25(35)31-5)16-23(34)17-11-21(29(2,3)4)26(37-6)22(12-17)33-8-9-39-28(33)36;/h10-13,30H,7-9,14-16H2,1-6H3,(H,31,35);1H. The van der Waals surface area contributed by atoms with Gasteiger partial charge in [-0.05, 0) is 42.2 Å². The van der Waals surface area contributed by atoms with E-state index in [0.717, 1.165) is 11.1 Å². The van der Waals surface area contributed by atoms with Crippen molar-refractivity contribution in [2.24, 2.45) is 0 Å². The van der Waals surface area contributed by atoms with E-state index in [9.17, 15) is 14.4 Å². The molecule has 0 saturated carbocycles. The fraction of sp³-hybridized carbons (Fsp3) is 0.448. The Kier molecular flexibility index (Phi) is 9.50. The van der Waals surface area contributed by atoms with Gasteiger partial charge in [-0.25, -0.2) is 4.79 Å². The molecule has 2 aromatic carbocycles. The number of rotatable bonds is 9. The van der Waals surface area contributed by atoms with Gasteiger partial charge in [0.05, 0.1) is 38.9 Å². The number of hydrogen-bond acceptors (Lipinski definition) is 7. The van der Waals surface area contributed by atoms with E-state index in [-0.39, 0.29) is 59.5 Å². The summed E-state index contributed by atoms with van der Waals surface area (Å²) < 4.78 is 16.6. The average Bonchev–Trinajstić information content (AvgIpc) is 3.45. The second-order valence-electron chi connectivity index (χ2n) is 10.6. The number of ketones is 1. The van der Waals surface area contributed by atoms with Crippen LogP contribution in [0.1, 0.15) is 60.3 Å². The van der Waals surface area contributed by atoms with Crippen LogP contribution in [0.5, 0.6) is 11.5 Å². The van der Waals surface area contributed by atoms with E-state index in [1.165, 1.54) is 4.90 Å². The number of Topliss-reactive ketones (excluding diaryl/α,β-unsaturated/α-hetero) is 1. The first-order valence-electron chi connectivity index (χ1n) is 13.0. The number of benzene rings is 2. The molecule has 0 aliphatic carbocycles. The van der Waals surface area contributed by atoms with E-state index in [0.29, 0.717) is 53.6 Å². The Bertz CT molecular complexity index is 1340. The predicted octanol–water partition coefficient (Wildman–Crippen LogP) is 4.24. The highest BCUT2D eigenvalue weighted by Gasteiger charge is 2.33. The predicted molar refractivity (Wildman–Crippen MR) is 158 cm³/mol. The molecule has 2 aromatic rings. The monoisotopic (exact) mass is 616 g/mol. The number of likely N-dealkylation sites (N-methyl/N-ethyl adjacent to an activating group) is 1. The lowest BCUT2D eigenvalue weighted by Gasteiger charge is -2.27. The van der Waals surface area contributed by atoms with Crippen molar-refractivity contribution < 1.29 is 28.6 Å². The lowest BCUT2D eigenvalue weighted by molar-refractivity contribution is -0.120. The van der Waals surface area contributed by atoms with Crippen molar-refractivity contribution in [3.8, 4) is 11.5 Å². The zero-order valence-corrected chi connectivity index (χ0v) is 25.5. The average molecular weight is 618 g/mol. The number of carbonyl (C=O) groups excluding carboxylic acids is 3. The van der Waals surface area contributed by atoms with E-state index < -0.39 is 6.09 Å². The first-order chi connectivity index (χ1) is 18.5. The summed E-state index contributed by atoms with van der Waals surface area (Å²) in [5.74, 6) is 1.01. The van der Waals surface area contributed by atoms with Gasteiger partial charge in [0, 0.05) is 35.8 Å². The van der Waals surface area contributed by atoms with Crippen LogP contribution in [0.3, 0.4) is 0 Å². The maximum Gasteiger partial charge on any atom is 0.414 e. The minimum atomic E-state index is -0.479. The lowest BCUT2D eigenvalue weighted by atomic mass is 9.84. The Morgan fingerprint density at radius 1 is 1.18 bits per heavy atom. The molecule has 2 amide bonds. The van der Waals surface area contributed by atoms with Crippen LogP contribution in [-0.4, -0.2) is 69.0 Å². The summed E-state index contributed by atoms with van der Waals surface area (Å²) in [5, 5.41) is 11.4. The molecule has 2 N–H and O–H groups in total. The smallest absolute Gasteiger partial charge is 0.414 e. The summed E-state index contributed by atoms with van der Waals surface area (Å²) in [5.41, 5.74) is 3.59. The summed E-state index contributed by atoms with van der Waals surface area (Å²) in [6.07, 6.45) is -0.346. The van der Waals surface area contributed by atoms with Crippen LogP contribution in [0.15, 0.2) is 24.3 Å². The topological polar surface area (TPSA) is 121 Å². The molecule has 10 nitrogen and oxygen atoms in total. The number of cyclic esters (lactones) is 1. The Hall–Kier alpha value is -3.60. The second-order valence-corrected chi connectivity index (χ2v) is 10.6. The summed E-state index contributed by atoms with van der Waals surface area (Å²) in [7, 11) is 3.13. The molecule has 1 fully saturated rings. The van der Waals surface area contributed by atoms with Crippen molar-refractivity contribution in [1.29, 1.82) is 5.41 Å². The van der Waals surface area contributed by atoms with Crippen molar-refractivity contribution in [3.63, 3.8) is 0 Å². The van der Waals surface area contributed by atoms with Crippen LogP contribution in [-0.2, 0) is 27.9 Å². The van der Waals surface area contributed by atoms with Crippen molar-refractivity contribution >= 4 is 46.3 Å². The number of anilines is 1. The molecule has 2 heterocycles. The molecule has 1 saturated heterocycles. The van der Waals surface area contributed by atoms with Gasteiger partial charge >= 0.3 is 6.09 Å². The number of nitrogens with zero attached hydrogens (tertiary/aromatic N) is 2. The normalized spacial score (nSPS) is 14.4. The van der Waals surface area contributed by atoms with Crippen molar-refractivity contribution in [2.75, 3.05) is 45.4 Å². The van der Waals surface area contributed by atoms with Gasteiger partial charge in [-0.15, -0.1) is 17.0 Å². The molecule has 0 radical (unpaired) electrons. The van der Waals surface area contributed by atoms with Gasteiger partial charge in [0.15, 0.2) is 5.78 Å². The number of nitrogens with one attached hydrogen (secondary N) is 2. The van der Waals surface area contributed by atoms with Crippen LogP contribution in [0.25, 0.3) is 0 Å². The van der Waals surface area contributed by atoms with Crippen LogP contribution >= 0.6 is 17.0 Å². The van der Waals surface area contributed by atoms with E-state index >= 15 is 0 Å². The third-order valence-corrected chi connectivity index (χ3v) is 6.94. The highest BCUT2D eigenvalue weighted by atomic mass is 79.9. The Morgan fingerprint density at radius 2 is 1.90 bits per heavy atom. The number of ether oxygens (including phenoxy) is 3. The van der Waals surface area contributed by atoms with E-state index in [4.69, 9.17) is 19.6 Å². The van der Waals surface area contributed by atoms with E-state index in [2.05, 4.69) is 5.32 Å². The van der Waals surface area contributed by atoms with E-state index in [1.807, 2.05) is 45.9 Å². The van der Waals surface area contributed by atoms with Crippen LogP contribution < -0.4 is 19.7 Å². The fourth-order valence-electron chi connectivity index (χ4n) is 4.92. The van der Waals surface area contributed by atoms with Crippen molar-refractivity contribution in [3.05, 3.63) is 52.1 Å². The minimum Gasteiger partial charge on any atom is -0.494 e. The maximum atomic E-state index is 13.7. The highest BCUT2D eigenvalue weighted by Crippen LogP contribution is 2.41. The number of amides is 2. The van der Waals surface area contributed by atoms with Gasteiger partial charge in [-0.1, -0.05) is 20.8 Å². The Labute approximate surface area is 245 Å². The van der Waals surface area contributed by atoms with Gasteiger partial charge in [-0.2, -0.15) is 0 Å². The quantitative estimate of drug-likeness (QED) is 0.404. The third-order valence-electron chi connectivity index (χ3n) is 6.94. The number of carbonyl (C=O) groups is 3. The summed E-state index contributed by atoms with van der Waals surface area (Å²) in [4.78, 5) is 41.3. The lowest BCUT2D eigenvalue weighted by Crippen LogP contribution is -2.31. The molecule has 0 unspecified atom stereocenters. The molecule has 40 heavy (non-hydrogen) atoms. The molecule has 216 valence electrons. The Morgan fingerprint density at radius 3 is 2.48 bits per heavy atom. The molecule has 2 aliphatic heterocycles. The number of amidine groups is 1. The molecule has 11 heteroatoms. The third kappa shape index (κ3) is 6.09. The fourth-order valence-corrected chi connectivity index (χ4v) is 4.92. The van der Waals surface area contributed by atoms with E-state index in [1.54, 1.807) is 25.1 Å². The first-order valence-corrected chi connectivity index (χ1v) is 13.0. The number of fused-ring (bicyclic) bond motifs is 1. The van der Waals surface area contributed by atoms with Gasteiger partial charge in [0.25, 0.3) is 0 Å². The molecule has 0 atom stereocenters. The maximum absolute atomic E-state index is 13.7. The number of hydrogen-bond donors (Lipinski definition) is 2. The molecule has 0 aromatic heterocycles. The summed E-state index contributed by atoms with van der Waals surface area (Å²) >= 11 is 0. The van der Waals surface area contributed by atoms with Gasteiger partial charge in [-0.3, -0.25) is 19.9 Å². The van der Waals surface area contributed by atoms with Crippen molar-refractivity contribution in [2.45, 2.75) is 46.1 Å². The van der Waals surface area contributed by atoms with Crippen LogP contribution in [0.2, 0.25) is 0 Å². The summed E-state index contributed by atoms with van der Waals surface area (Å²) in [6, 6.07) is 7.15. The minimum absolute atomic E-state index is 0. The molecular formula is C29H37BrN4O6. The van der Waals surface area contributed by atoms with Crippen LogP contribution in [0, 0.1) is 5.41 Å². The number of halogens is 1. The molecule has 0 bridgehead atoms. The van der Waals surface area contributed by atoms with Gasteiger partial charge in [0.1, 0.15) is 23.9 Å². The molecular weight excluding hydrogens is 580 g/mol. The van der Waals surface area contributed by atoms with Gasteiger partial charge in [0.2, 0.25) is 5.91 Å². The zero-order valence-electron chi connectivity index (χ0n) is 23.8. The molecule has 0 spiro atoms. The highest BCUT2D eigenvalue weighted by molar-refractivity contribution is 8.93.